The molecule has 3 heterocycles. The monoisotopic (exact) mass is 316 g/mol. The molecule has 0 bridgehead atoms. The first-order valence-corrected chi connectivity index (χ1v) is 7.80. The molecule has 2 aromatic heterocycles. The number of hydrogen-bond acceptors (Lipinski definition) is 4. The standard InChI is InChI=1S/C15H13FN4OS/c1-9-17-18-14-8-19(4-5-20(9)14)15(21)13-7-10-6-11(16)2-3-12(10)22-13/h2-3,6-7H,4-5,8H2,1H3. The topological polar surface area (TPSA) is 51.0 Å². The number of aryl methyl sites for hydroxylation is 1. The van der Waals surface area contributed by atoms with Gasteiger partial charge in [-0.2, -0.15) is 0 Å². The molecule has 0 saturated heterocycles. The van der Waals surface area contributed by atoms with E-state index in [0.717, 1.165) is 21.7 Å². The van der Waals surface area contributed by atoms with Gasteiger partial charge in [-0.1, -0.05) is 0 Å². The van der Waals surface area contributed by atoms with Gasteiger partial charge in [0.15, 0.2) is 5.82 Å². The Hall–Kier alpha value is -2.28. The molecule has 5 nitrogen and oxygen atoms in total. The van der Waals surface area contributed by atoms with Gasteiger partial charge >= 0.3 is 0 Å². The Bertz CT molecular complexity index is 885. The first-order chi connectivity index (χ1) is 10.6. The number of hydrogen-bond donors (Lipinski definition) is 0. The van der Waals surface area contributed by atoms with Crippen LogP contribution in [0, 0.1) is 12.7 Å². The largest absolute Gasteiger partial charge is 0.329 e. The van der Waals surface area contributed by atoms with Gasteiger partial charge in [0.25, 0.3) is 5.91 Å². The van der Waals surface area contributed by atoms with Crippen LogP contribution in [0.3, 0.4) is 0 Å². The number of halogens is 1. The lowest BCUT2D eigenvalue weighted by molar-refractivity contribution is 0.0711. The molecule has 1 aromatic carbocycles. The van der Waals surface area contributed by atoms with Crippen molar-refractivity contribution in [3.05, 3.63) is 46.6 Å². The number of carbonyl (C=O) groups excluding carboxylic acids is 1. The Morgan fingerprint density at radius 3 is 3.00 bits per heavy atom. The van der Waals surface area contributed by atoms with Crippen molar-refractivity contribution < 1.29 is 9.18 Å². The van der Waals surface area contributed by atoms with Gasteiger partial charge in [-0.05, 0) is 36.6 Å². The third-order valence-electron chi connectivity index (χ3n) is 3.91. The zero-order valence-corrected chi connectivity index (χ0v) is 12.7. The summed E-state index contributed by atoms with van der Waals surface area (Å²) in [6.07, 6.45) is 0. The van der Waals surface area contributed by atoms with Crippen molar-refractivity contribution in [2.45, 2.75) is 20.0 Å². The second-order valence-corrected chi connectivity index (χ2v) is 6.42. The van der Waals surface area contributed by atoms with Crippen LogP contribution in [-0.4, -0.2) is 32.1 Å². The minimum absolute atomic E-state index is 0.0338. The predicted molar refractivity (Wildman–Crippen MR) is 81.3 cm³/mol. The summed E-state index contributed by atoms with van der Waals surface area (Å²) >= 11 is 1.39. The SMILES string of the molecule is Cc1nnc2n1CCN(C(=O)c1cc3cc(F)ccc3s1)C2. The maximum atomic E-state index is 13.3. The van der Waals surface area contributed by atoms with E-state index in [1.54, 1.807) is 17.0 Å². The van der Waals surface area contributed by atoms with Crippen LogP contribution in [0.4, 0.5) is 4.39 Å². The summed E-state index contributed by atoms with van der Waals surface area (Å²) in [5.41, 5.74) is 0. The van der Waals surface area contributed by atoms with Gasteiger partial charge in [-0.15, -0.1) is 21.5 Å². The van der Waals surface area contributed by atoms with Crippen molar-refractivity contribution in [3.63, 3.8) is 0 Å². The number of rotatable bonds is 1. The quantitative estimate of drug-likeness (QED) is 0.693. The molecule has 0 saturated carbocycles. The average molecular weight is 316 g/mol. The zero-order chi connectivity index (χ0) is 15.3. The number of carbonyl (C=O) groups is 1. The van der Waals surface area contributed by atoms with Crippen molar-refractivity contribution >= 4 is 27.3 Å². The number of nitrogens with zero attached hydrogens (tertiary/aromatic N) is 4. The molecule has 0 fully saturated rings. The van der Waals surface area contributed by atoms with Crippen LogP contribution in [-0.2, 0) is 13.1 Å². The molecule has 0 N–H and O–H groups in total. The fraction of sp³-hybridized carbons (Fsp3) is 0.267. The third kappa shape index (κ3) is 2.09. The van der Waals surface area contributed by atoms with E-state index < -0.39 is 0 Å². The van der Waals surface area contributed by atoms with E-state index in [9.17, 15) is 9.18 Å². The van der Waals surface area contributed by atoms with Crippen LogP contribution in [0.5, 0.6) is 0 Å². The van der Waals surface area contributed by atoms with E-state index in [4.69, 9.17) is 0 Å². The maximum Gasteiger partial charge on any atom is 0.264 e. The van der Waals surface area contributed by atoms with Crippen LogP contribution in [0.15, 0.2) is 24.3 Å². The molecule has 112 valence electrons. The molecular weight excluding hydrogens is 303 g/mol. The molecule has 1 amide bonds. The molecule has 22 heavy (non-hydrogen) atoms. The normalized spacial score (nSPS) is 14.4. The van der Waals surface area contributed by atoms with Crippen molar-refractivity contribution in [1.29, 1.82) is 0 Å². The highest BCUT2D eigenvalue weighted by Crippen LogP contribution is 2.28. The number of fused-ring (bicyclic) bond motifs is 2. The summed E-state index contributed by atoms with van der Waals surface area (Å²) in [5, 5.41) is 8.92. The van der Waals surface area contributed by atoms with Gasteiger partial charge in [0.1, 0.15) is 11.6 Å². The van der Waals surface area contributed by atoms with Crippen LogP contribution >= 0.6 is 11.3 Å². The lowest BCUT2D eigenvalue weighted by atomic mass is 10.2. The first-order valence-electron chi connectivity index (χ1n) is 6.99. The van der Waals surface area contributed by atoms with E-state index in [-0.39, 0.29) is 11.7 Å². The van der Waals surface area contributed by atoms with Crippen molar-refractivity contribution in [3.8, 4) is 0 Å². The first kappa shape index (κ1) is 13.4. The summed E-state index contributed by atoms with van der Waals surface area (Å²) in [5.74, 6) is 1.36. The van der Waals surface area contributed by atoms with E-state index in [2.05, 4.69) is 10.2 Å². The van der Waals surface area contributed by atoms with Crippen LogP contribution in [0.1, 0.15) is 21.3 Å². The molecule has 0 radical (unpaired) electrons. The fourth-order valence-electron chi connectivity index (χ4n) is 2.75. The molecule has 1 aliphatic heterocycles. The summed E-state index contributed by atoms with van der Waals surface area (Å²) < 4.78 is 16.2. The van der Waals surface area contributed by atoms with Crippen LogP contribution in [0.25, 0.3) is 10.1 Å². The number of thiophene rings is 1. The number of amides is 1. The van der Waals surface area contributed by atoms with Gasteiger partial charge in [-0.25, -0.2) is 4.39 Å². The Balaban J connectivity index is 1.63. The van der Waals surface area contributed by atoms with E-state index in [1.165, 1.54) is 23.5 Å². The summed E-state index contributed by atoms with van der Waals surface area (Å²) in [7, 11) is 0. The number of benzene rings is 1. The van der Waals surface area contributed by atoms with Crippen LogP contribution < -0.4 is 0 Å². The summed E-state index contributed by atoms with van der Waals surface area (Å²) in [4.78, 5) is 15.1. The molecule has 1 aliphatic rings. The fourth-order valence-corrected chi connectivity index (χ4v) is 3.76. The second-order valence-electron chi connectivity index (χ2n) is 5.33. The lowest BCUT2D eigenvalue weighted by Crippen LogP contribution is -2.38. The Morgan fingerprint density at radius 2 is 2.14 bits per heavy atom. The predicted octanol–water partition coefficient (Wildman–Crippen LogP) is 2.60. The average Bonchev–Trinajstić information content (AvgIpc) is 3.09. The van der Waals surface area contributed by atoms with E-state index in [0.29, 0.717) is 24.5 Å². The number of aromatic nitrogens is 3. The smallest absolute Gasteiger partial charge is 0.264 e. The van der Waals surface area contributed by atoms with Gasteiger partial charge < -0.3 is 9.47 Å². The van der Waals surface area contributed by atoms with Gasteiger partial charge in [0.2, 0.25) is 0 Å². The minimum atomic E-state index is -0.286. The van der Waals surface area contributed by atoms with Gasteiger partial charge in [0, 0.05) is 17.8 Å². The maximum absolute atomic E-state index is 13.3. The van der Waals surface area contributed by atoms with E-state index in [1.807, 2.05) is 11.5 Å². The molecule has 7 heteroatoms. The molecule has 4 rings (SSSR count). The molecule has 3 aromatic rings. The highest BCUT2D eigenvalue weighted by atomic mass is 32.1. The van der Waals surface area contributed by atoms with Gasteiger partial charge in [0.05, 0.1) is 11.4 Å². The molecular formula is C15H13FN4OS. The summed E-state index contributed by atoms with van der Waals surface area (Å²) in [6.45, 7) is 3.71. The molecule has 0 atom stereocenters. The minimum Gasteiger partial charge on any atom is -0.329 e. The lowest BCUT2D eigenvalue weighted by Gasteiger charge is -2.27. The van der Waals surface area contributed by atoms with Crippen molar-refractivity contribution in [2.75, 3.05) is 6.54 Å². The highest BCUT2D eigenvalue weighted by molar-refractivity contribution is 7.20. The zero-order valence-electron chi connectivity index (χ0n) is 11.9. The van der Waals surface area contributed by atoms with Gasteiger partial charge in [-0.3, -0.25) is 4.79 Å². The van der Waals surface area contributed by atoms with Crippen LogP contribution in [0.2, 0.25) is 0 Å². The Kier molecular flexibility index (Phi) is 2.97. The summed E-state index contributed by atoms with van der Waals surface area (Å²) in [6, 6.07) is 6.34. The van der Waals surface area contributed by atoms with Crippen molar-refractivity contribution in [2.24, 2.45) is 0 Å². The third-order valence-corrected chi connectivity index (χ3v) is 5.02. The van der Waals surface area contributed by atoms with E-state index >= 15 is 0 Å². The van der Waals surface area contributed by atoms with Crippen molar-refractivity contribution in [1.82, 2.24) is 19.7 Å². The Morgan fingerprint density at radius 1 is 1.27 bits per heavy atom. The Labute approximate surface area is 130 Å². The second kappa shape index (κ2) is 4.88. The molecule has 0 unspecified atom stereocenters. The molecule has 0 aliphatic carbocycles. The highest BCUT2D eigenvalue weighted by Gasteiger charge is 2.25. The molecule has 0 spiro atoms.